The summed E-state index contributed by atoms with van der Waals surface area (Å²) >= 11 is 1.83. The van der Waals surface area contributed by atoms with Crippen LogP contribution >= 0.6 is 11.8 Å². The standard InChI is InChI=1S/C14H20FNS/c1-3-4-10(2)16-13-7-8-17-14-6-5-11(15)9-12(13)14/h5-6,9-10,13,16H,3-4,7-8H2,1-2H3. The van der Waals surface area contributed by atoms with Crippen molar-refractivity contribution in [2.45, 2.75) is 50.1 Å². The molecule has 1 aromatic carbocycles. The van der Waals surface area contributed by atoms with Crippen molar-refractivity contribution >= 4 is 11.8 Å². The van der Waals surface area contributed by atoms with Gasteiger partial charge in [-0.05, 0) is 49.3 Å². The fraction of sp³-hybridized carbons (Fsp3) is 0.571. The Kier molecular flexibility index (Phi) is 4.46. The first-order valence-electron chi connectivity index (χ1n) is 6.39. The number of hydrogen-bond acceptors (Lipinski definition) is 2. The molecule has 0 bridgehead atoms. The summed E-state index contributed by atoms with van der Waals surface area (Å²) < 4.78 is 13.3. The number of rotatable bonds is 4. The van der Waals surface area contributed by atoms with E-state index in [0.717, 1.165) is 17.7 Å². The number of nitrogens with one attached hydrogen (secondary N) is 1. The molecule has 0 amide bonds. The number of halogens is 1. The van der Waals surface area contributed by atoms with Crippen LogP contribution in [-0.2, 0) is 0 Å². The highest BCUT2D eigenvalue weighted by atomic mass is 32.2. The zero-order valence-electron chi connectivity index (χ0n) is 10.5. The van der Waals surface area contributed by atoms with Crippen molar-refractivity contribution < 1.29 is 4.39 Å². The Morgan fingerprint density at radius 1 is 1.53 bits per heavy atom. The Morgan fingerprint density at radius 3 is 3.12 bits per heavy atom. The molecule has 1 N–H and O–H groups in total. The van der Waals surface area contributed by atoms with Crippen LogP contribution in [0.1, 0.15) is 44.7 Å². The molecule has 0 saturated heterocycles. The third-order valence-electron chi connectivity index (χ3n) is 3.22. The zero-order valence-corrected chi connectivity index (χ0v) is 11.3. The fourth-order valence-electron chi connectivity index (χ4n) is 2.40. The SMILES string of the molecule is CCCC(C)NC1CCSc2ccc(F)cc21. The van der Waals surface area contributed by atoms with Gasteiger partial charge in [-0.15, -0.1) is 11.8 Å². The van der Waals surface area contributed by atoms with Gasteiger partial charge >= 0.3 is 0 Å². The van der Waals surface area contributed by atoms with Gasteiger partial charge < -0.3 is 5.32 Å². The van der Waals surface area contributed by atoms with Crippen LogP contribution in [0.2, 0.25) is 0 Å². The summed E-state index contributed by atoms with van der Waals surface area (Å²) in [5.41, 5.74) is 1.14. The highest BCUT2D eigenvalue weighted by Gasteiger charge is 2.22. The van der Waals surface area contributed by atoms with Crippen molar-refractivity contribution in [3.63, 3.8) is 0 Å². The minimum absolute atomic E-state index is 0.124. The molecule has 0 spiro atoms. The van der Waals surface area contributed by atoms with Crippen molar-refractivity contribution in [1.82, 2.24) is 5.32 Å². The second-order valence-electron chi connectivity index (χ2n) is 4.73. The molecule has 94 valence electrons. The summed E-state index contributed by atoms with van der Waals surface area (Å²) in [6.07, 6.45) is 3.45. The van der Waals surface area contributed by atoms with Gasteiger partial charge in [0.2, 0.25) is 0 Å². The largest absolute Gasteiger partial charge is 0.307 e. The van der Waals surface area contributed by atoms with Gasteiger partial charge in [0.25, 0.3) is 0 Å². The molecule has 0 saturated carbocycles. The van der Waals surface area contributed by atoms with E-state index in [1.165, 1.54) is 17.7 Å². The average Bonchev–Trinajstić information content (AvgIpc) is 2.30. The second-order valence-corrected chi connectivity index (χ2v) is 5.87. The number of benzene rings is 1. The highest BCUT2D eigenvalue weighted by Crippen LogP contribution is 2.36. The van der Waals surface area contributed by atoms with Crippen LogP contribution in [0, 0.1) is 5.82 Å². The summed E-state index contributed by atoms with van der Waals surface area (Å²) in [4.78, 5) is 1.24. The van der Waals surface area contributed by atoms with E-state index >= 15 is 0 Å². The number of thioether (sulfide) groups is 1. The molecule has 17 heavy (non-hydrogen) atoms. The molecule has 0 aromatic heterocycles. The predicted molar refractivity (Wildman–Crippen MR) is 72.0 cm³/mol. The molecule has 1 aromatic rings. The molecule has 2 unspecified atom stereocenters. The van der Waals surface area contributed by atoms with E-state index in [-0.39, 0.29) is 5.82 Å². The molecule has 2 rings (SSSR count). The minimum Gasteiger partial charge on any atom is -0.307 e. The Labute approximate surface area is 107 Å². The summed E-state index contributed by atoms with van der Waals surface area (Å²) in [6, 6.07) is 5.99. The van der Waals surface area contributed by atoms with Crippen LogP contribution in [0.3, 0.4) is 0 Å². The van der Waals surface area contributed by atoms with Gasteiger partial charge in [0, 0.05) is 17.0 Å². The zero-order chi connectivity index (χ0) is 12.3. The quantitative estimate of drug-likeness (QED) is 0.865. The third kappa shape index (κ3) is 3.23. The lowest BCUT2D eigenvalue weighted by atomic mass is 10.0. The Morgan fingerprint density at radius 2 is 2.35 bits per heavy atom. The monoisotopic (exact) mass is 253 g/mol. The van der Waals surface area contributed by atoms with Gasteiger partial charge in [-0.1, -0.05) is 13.3 Å². The number of hydrogen-bond donors (Lipinski definition) is 1. The average molecular weight is 253 g/mol. The van der Waals surface area contributed by atoms with Crippen LogP contribution in [0.25, 0.3) is 0 Å². The molecule has 0 radical (unpaired) electrons. The van der Waals surface area contributed by atoms with Crippen molar-refractivity contribution in [1.29, 1.82) is 0 Å². The lowest BCUT2D eigenvalue weighted by Gasteiger charge is -2.28. The first-order chi connectivity index (χ1) is 8.20. The molecular weight excluding hydrogens is 233 g/mol. The van der Waals surface area contributed by atoms with E-state index in [1.807, 2.05) is 17.8 Å². The van der Waals surface area contributed by atoms with Crippen LogP contribution in [0.15, 0.2) is 23.1 Å². The smallest absolute Gasteiger partial charge is 0.123 e. The minimum atomic E-state index is -0.124. The summed E-state index contributed by atoms with van der Waals surface area (Å²) in [5.74, 6) is 0.996. The summed E-state index contributed by atoms with van der Waals surface area (Å²) in [6.45, 7) is 4.41. The maximum Gasteiger partial charge on any atom is 0.123 e. The summed E-state index contributed by atoms with van der Waals surface area (Å²) in [5, 5.41) is 3.62. The Balaban J connectivity index is 2.13. The maximum atomic E-state index is 13.3. The van der Waals surface area contributed by atoms with Gasteiger partial charge in [0.05, 0.1) is 0 Å². The molecule has 1 aliphatic heterocycles. The molecule has 2 atom stereocenters. The first kappa shape index (κ1) is 12.9. The molecular formula is C14H20FNS. The predicted octanol–water partition coefficient (Wildman–Crippen LogP) is 4.14. The van der Waals surface area contributed by atoms with Gasteiger partial charge in [-0.2, -0.15) is 0 Å². The van der Waals surface area contributed by atoms with Crippen LogP contribution in [-0.4, -0.2) is 11.8 Å². The topological polar surface area (TPSA) is 12.0 Å². The highest BCUT2D eigenvalue weighted by molar-refractivity contribution is 7.99. The van der Waals surface area contributed by atoms with Crippen molar-refractivity contribution in [2.24, 2.45) is 0 Å². The van der Waals surface area contributed by atoms with E-state index in [4.69, 9.17) is 0 Å². The van der Waals surface area contributed by atoms with E-state index in [0.29, 0.717) is 12.1 Å². The van der Waals surface area contributed by atoms with Crippen LogP contribution in [0.5, 0.6) is 0 Å². The maximum absolute atomic E-state index is 13.3. The van der Waals surface area contributed by atoms with Crippen LogP contribution < -0.4 is 5.32 Å². The Bertz CT molecular complexity index is 380. The Hall–Kier alpha value is -0.540. The summed E-state index contributed by atoms with van der Waals surface area (Å²) in [7, 11) is 0. The third-order valence-corrected chi connectivity index (χ3v) is 4.34. The molecule has 1 nitrogen and oxygen atoms in total. The van der Waals surface area contributed by atoms with Crippen molar-refractivity contribution in [2.75, 3.05) is 5.75 Å². The van der Waals surface area contributed by atoms with E-state index < -0.39 is 0 Å². The second kappa shape index (κ2) is 5.87. The van der Waals surface area contributed by atoms with Gasteiger partial charge in [0.15, 0.2) is 0 Å². The molecule has 0 fully saturated rings. The van der Waals surface area contributed by atoms with E-state index in [9.17, 15) is 4.39 Å². The fourth-order valence-corrected chi connectivity index (χ4v) is 3.50. The molecule has 0 aliphatic carbocycles. The van der Waals surface area contributed by atoms with Gasteiger partial charge in [0.1, 0.15) is 5.82 Å². The molecule has 1 heterocycles. The normalized spacial score (nSPS) is 21.0. The van der Waals surface area contributed by atoms with Crippen molar-refractivity contribution in [3.8, 4) is 0 Å². The van der Waals surface area contributed by atoms with Gasteiger partial charge in [-0.25, -0.2) is 4.39 Å². The lowest BCUT2D eigenvalue weighted by Crippen LogP contribution is -2.32. The van der Waals surface area contributed by atoms with Gasteiger partial charge in [-0.3, -0.25) is 0 Å². The molecule has 1 aliphatic rings. The van der Waals surface area contributed by atoms with E-state index in [1.54, 1.807) is 12.1 Å². The molecule has 3 heteroatoms. The first-order valence-corrected chi connectivity index (χ1v) is 7.37. The number of fused-ring (bicyclic) bond motifs is 1. The lowest BCUT2D eigenvalue weighted by molar-refractivity contribution is 0.418. The van der Waals surface area contributed by atoms with Crippen LogP contribution in [0.4, 0.5) is 4.39 Å². The van der Waals surface area contributed by atoms with E-state index in [2.05, 4.69) is 19.2 Å². The van der Waals surface area contributed by atoms with Crippen molar-refractivity contribution in [3.05, 3.63) is 29.6 Å².